The minimum Gasteiger partial charge on any atom is -0.293 e. The van der Waals surface area contributed by atoms with Gasteiger partial charge in [-0.05, 0) is 32.5 Å². The van der Waals surface area contributed by atoms with Crippen LogP contribution in [0.4, 0.5) is 0 Å². The highest BCUT2D eigenvalue weighted by atomic mass is 16.2. The monoisotopic (exact) mass is 250 g/mol. The van der Waals surface area contributed by atoms with E-state index in [-0.39, 0.29) is 11.9 Å². The third-order valence-electron chi connectivity index (χ3n) is 2.90. The van der Waals surface area contributed by atoms with Gasteiger partial charge in [0.2, 0.25) is 0 Å². The molecule has 100 valence electrons. The molecule has 0 aliphatic heterocycles. The number of hydrogen-bond donors (Lipinski definition) is 2. The molecule has 18 heavy (non-hydrogen) atoms. The number of rotatable bonds is 6. The van der Waals surface area contributed by atoms with Gasteiger partial charge in [-0.1, -0.05) is 19.4 Å². The predicted molar refractivity (Wildman–Crippen MR) is 71.5 cm³/mol. The fraction of sp³-hybridized carbons (Fsp3) is 0.538. The first-order chi connectivity index (χ1) is 8.58. The molecule has 0 aromatic carbocycles. The normalized spacial score (nSPS) is 12.5. The molecule has 0 fully saturated rings. The minimum absolute atomic E-state index is 0.146. The van der Waals surface area contributed by atoms with Gasteiger partial charge in [-0.25, -0.2) is 5.84 Å². The van der Waals surface area contributed by atoms with Crippen molar-refractivity contribution >= 4 is 5.91 Å². The van der Waals surface area contributed by atoms with E-state index >= 15 is 0 Å². The Bertz CT molecular complexity index is 394. The zero-order chi connectivity index (χ0) is 13.5. The van der Waals surface area contributed by atoms with Crippen LogP contribution in [0.15, 0.2) is 18.2 Å². The lowest BCUT2D eigenvalue weighted by atomic mass is 10.1. The number of pyridine rings is 1. The zero-order valence-electron chi connectivity index (χ0n) is 11.3. The molecule has 3 N–H and O–H groups in total. The summed E-state index contributed by atoms with van der Waals surface area (Å²) in [7, 11) is 1.92. The van der Waals surface area contributed by atoms with Crippen LogP contribution in [0, 0.1) is 6.92 Å². The number of hydrogen-bond acceptors (Lipinski definition) is 4. The molecule has 0 bridgehead atoms. The Labute approximate surface area is 108 Å². The lowest BCUT2D eigenvalue weighted by molar-refractivity contribution is -0.126. The van der Waals surface area contributed by atoms with Gasteiger partial charge in [0.05, 0.1) is 11.7 Å². The lowest BCUT2D eigenvalue weighted by Gasteiger charge is -2.25. The summed E-state index contributed by atoms with van der Waals surface area (Å²) in [5.74, 6) is 5.07. The maximum atomic E-state index is 11.7. The summed E-state index contributed by atoms with van der Waals surface area (Å²) in [5, 5.41) is 0. The maximum Gasteiger partial charge on any atom is 0.251 e. The SMILES string of the molecule is CCCC(C(=O)NN)N(C)Cc1cccc(C)n1. The molecule has 1 unspecified atom stereocenters. The number of carbonyl (C=O) groups is 1. The molecule has 0 saturated carbocycles. The Morgan fingerprint density at radius 2 is 2.28 bits per heavy atom. The molecule has 0 aliphatic carbocycles. The summed E-state index contributed by atoms with van der Waals surface area (Å²) >= 11 is 0. The molecule has 1 rings (SSSR count). The molecule has 1 atom stereocenters. The van der Waals surface area contributed by atoms with Crippen LogP contribution < -0.4 is 11.3 Å². The van der Waals surface area contributed by atoms with Crippen LogP contribution in [0.3, 0.4) is 0 Å². The van der Waals surface area contributed by atoms with Crippen LogP contribution in [0.2, 0.25) is 0 Å². The van der Waals surface area contributed by atoms with Crippen LogP contribution in [0.25, 0.3) is 0 Å². The molecular weight excluding hydrogens is 228 g/mol. The summed E-state index contributed by atoms with van der Waals surface area (Å²) in [5.41, 5.74) is 4.17. The molecule has 0 spiro atoms. The number of hydrazine groups is 1. The van der Waals surface area contributed by atoms with Crippen molar-refractivity contribution in [2.75, 3.05) is 7.05 Å². The smallest absolute Gasteiger partial charge is 0.251 e. The topological polar surface area (TPSA) is 71.2 Å². The summed E-state index contributed by atoms with van der Waals surface area (Å²) in [4.78, 5) is 18.1. The van der Waals surface area contributed by atoms with Crippen molar-refractivity contribution in [1.29, 1.82) is 0 Å². The van der Waals surface area contributed by atoms with Gasteiger partial charge in [-0.15, -0.1) is 0 Å². The predicted octanol–water partition coefficient (Wildman–Crippen LogP) is 0.980. The number of aryl methyl sites for hydroxylation is 1. The van der Waals surface area contributed by atoms with Crippen LogP contribution in [0.1, 0.15) is 31.2 Å². The van der Waals surface area contributed by atoms with Gasteiger partial charge in [-0.3, -0.25) is 20.1 Å². The van der Waals surface area contributed by atoms with Crippen molar-refractivity contribution in [3.8, 4) is 0 Å². The fourth-order valence-corrected chi connectivity index (χ4v) is 1.97. The molecule has 0 radical (unpaired) electrons. The van der Waals surface area contributed by atoms with E-state index in [2.05, 4.69) is 17.3 Å². The van der Waals surface area contributed by atoms with Crippen molar-refractivity contribution in [2.45, 2.75) is 39.3 Å². The second-order valence-corrected chi connectivity index (χ2v) is 4.50. The Morgan fingerprint density at radius 1 is 1.56 bits per heavy atom. The van der Waals surface area contributed by atoms with Crippen LogP contribution in [-0.4, -0.2) is 28.9 Å². The number of amides is 1. The van der Waals surface area contributed by atoms with Gasteiger partial charge in [0.25, 0.3) is 5.91 Å². The Hall–Kier alpha value is -1.46. The molecule has 0 aliphatic rings. The van der Waals surface area contributed by atoms with Crippen molar-refractivity contribution in [1.82, 2.24) is 15.3 Å². The molecule has 1 aromatic heterocycles. The number of carbonyl (C=O) groups excluding carboxylic acids is 1. The van der Waals surface area contributed by atoms with E-state index < -0.39 is 0 Å². The standard InChI is InChI=1S/C13H22N4O/c1-4-6-12(13(18)16-14)17(3)9-11-8-5-7-10(2)15-11/h5,7-8,12H,4,6,9,14H2,1-3H3,(H,16,18). The van der Waals surface area contributed by atoms with E-state index in [1.807, 2.05) is 37.1 Å². The first-order valence-electron chi connectivity index (χ1n) is 6.21. The fourth-order valence-electron chi connectivity index (χ4n) is 1.97. The molecular formula is C13H22N4O. The Morgan fingerprint density at radius 3 is 2.83 bits per heavy atom. The number of likely N-dealkylation sites (N-methyl/N-ethyl adjacent to an activating group) is 1. The van der Waals surface area contributed by atoms with Gasteiger partial charge < -0.3 is 0 Å². The van der Waals surface area contributed by atoms with Crippen molar-refractivity contribution in [3.05, 3.63) is 29.6 Å². The molecule has 1 heterocycles. The summed E-state index contributed by atoms with van der Waals surface area (Å²) < 4.78 is 0. The maximum absolute atomic E-state index is 11.7. The number of aromatic nitrogens is 1. The quantitative estimate of drug-likeness (QED) is 0.448. The van der Waals surface area contributed by atoms with E-state index in [1.165, 1.54) is 0 Å². The van der Waals surface area contributed by atoms with Gasteiger partial charge in [0.1, 0.15) is 0 Å². The largest absolute Gasteiger partial charge is 0.293 e. The average molecular weight is 250 g/mol. The molecule has 1 amide bonds. The number of nitrogens with zero attached hydrogens (tertiary/aromatic N) is 2. The van der Waals surface area contributed by atoms with Gasteiger partial charge >= 0.3 is 0 Å². The average Bonchev–Trinajstić information content (AvgIpc) is 2.35. The third kappa shape index (κ3) is 4.09. The Kier molecular flexibility index (Phi) is 5.74. The lowest BCUT2D eigenvalue weighted by Crippen LogP contribution is -2.47. The molecule has 5 heteroatoms. The van der Waals surface area contributed by atoms with E-state index in [1.54, 1.807) is 0 Å². The molecule has 1 aromatic rings. The van der Waals surface area contributed by atoms with Gasteiger partial charge in [0.15, 0.2) is 0 Å². The summed E-state index contributed by atoms with van der Waals surface area (Å²) in [6.45, 7) is 4.65. The second kappa shape index (κ2) is 7.08. The minimum atomic E-state index is -0.206. The van der Waals surface area contributed by atoms with Gasteiger partial charge in [-0.2, -0.15) is 0 Å². The van der Waals surface area contributed by atoms with Crippen molar-refractivity contribution in [3.63, 3.8) is 0 Å². The number of nitrogens with one attached hydrogen (secondary N) is 1. The first-order valence-corrected chi connectivity index (χ1v) is 6.21. The zero-order valence-corrected chi connectivity index (χ0v) is 11.3. The van der Waals surface area contributed by atoms with Crippen molar-refractivity contribution in [2.24, 2.45) is 5.84 Å². The number of nitrogens with two attached hydrogens (primary N) is 1. The summed E-state index contributed by atoms with van der Waals surface area (Å²) in [6.07, 6.45) is 1.72. The van der Waals surface area contributed by atoms with Crippen molar-refractivity contribution < 1.29 is 4.79 Å². The summed E-state index contributed by atoms with van der Waals surface area (Å²) in [6, 6.07) is 5.69. The highest BCUT2D eigenvalue weighted by Crippen LogP contribution is 2.09. The highest BCUT2D eigenvalue weighted by molar-refractivity contribution is 5.81. The van der Waals surface area contributed by atoms with Crippen LogP contribution in [-0.2, 0) is 11.3 Å². The Balaban J connectivity index is 2.71. The second-order valence-electron chi connectivity index (χ2n) is 4.50. The van der Waals surface area contributed by atoms with Gasteiger partial charge in [0, 0.05) is 12.2 Å². The molecule has 0 saturated heterocycles. The van der Waals surface area contributed by atoms with E-state index in [4.69, 9.17) is 5.84 Å². The van der Waals surface area contributed by atoms with E-state index in [0.29, 0.717) is 6.54 Å². The first kappa shape index (κ1) is 14.6. The van der Waals surface area contributed by atoms with Crippen LogP contribution >= 0.6 is 0 Å². The van der Waals surface area contributed by atoms with Crippen LogP contribution in [0.5, 0.6) is 0 Å². The highest BCUT2D eigenvalue weighted by Gasteiger charge is 2.21. The van der Waals surface area contributed by atoms with E-state index in [9.17, 15) is 4.79 Å². The van der Waals surface area contributed by atoms with E-state index in [0.717, 1.165) is 24.2 Å². The molecule has 5 nitrogen and oxygen atoms in total. The third-order valence-corrected chi connectivity index (χ3v) is 2.90.